The van der Waals surface area contributed by atoms with Gasteiger partial charge in [0.15, 0.2) is 22.9 Å². The number of aliphatic hydroxyl groups is 1. The minimum atomic E-state index is -2.10. The van der Waals surface area contributed by atoms with E-state index in [9.17, 15) is 24.8 Å². The molecule has 1 unspecified atom stereocenters. The number of methoxy groups -OCH3 is 2. The van der Waals surface area contributed by atoms with E-state index >= 15 is 0 Å². The molecule has 1 amide bonds. The molecule has 1 aliphatic heterocycles. The topological polar surface area (TPSA) is 119 Å². The second-order valence-electron chi connectivity index (χ2n) is 8.01. The van der Waals surface area contributed by atoms with Crippen molar-refractivity contribution in [2.24, 2.45) is 0 Å². The molecule has 1 aliphatic rings. The maximum absolute atomic E-state index is 13.6. The fraction of sp³-hybridized carbons (Fsp3) is 0.200. The Labute approximate surface area is 209 Å². The number of nitrogens with zero attached hydrogens (tertiary/aromatic N) is 2. The average Bonchev–Trinajstić information content (AvgIpc) is 3.05. The van der Waals surface area contributed by atoms with Crippen molar-refractivity contribution in [2.75, 3.05) is 19.1 Å². The van der Waals surface area contributed by atoms with Crippen LogP contribution in [0.4, 0.5) is 11.4 Å². The number of fused-ring (bicyclic) bond motifs is 1. The lowest BCUT2D eigenvalue weighted by molar-refractivity contribution is -0.384. The number of hydrogen-bond acceptors (Lipinski definition) is 7. The average molecular weight is 541 g/mol. The van der Waals surface area contributed by atoms with Gasteiger partial charge in [0.25, 0.3) is 11.6 Å². The van der Waals surface area contributed by atoms with Crippen molar-refractivity contribution in [3.8, 4) is 11.5 Å². The van der Waals surface area contributed by atoms with Gasteiger partial charge in [0, 0.05) is 27.7 Å². The Bertz CT molecular complexity index is 1330. The molecule has 0 spiro atoms. The van der Waals surface area contributed by atoms with E-state index in [0.29, 0.717) is 27.2 Å². The number of rotatable bonds is 8. The van der Waals surface area contributed by atoms with Crippen LogP contribution in [0.25, 0.3) is 0 Å². The number of amides is 1. The highest BCUT2D eigenvalue weighted by atomic mass is 79.9. The van der Waals surface area contributed by atoms with E-state index in [1.165, 1.54) is 43.4 Å². The molecule has 0 saturated heterocycles. The number of nitro benzene ring substituents is 1. The lowest BCUT2D eigenvalue weighted by Crippen LogP contribution is -2.41. The highest BCUT2D eigenvalue weighted by Gasteiger charge is 2.51. The molecule has 0 aliphatic carbocycles. The minimum Gasteiger partial charge on any atom is -0.493 e. The highest BCUT2D eigenvalue weighted by Crippen LogP contribution is 2.45. The van der Waals surface area contributed by atoms with Gasteiger partial charge in [0.05, 0.1) is 37.8 Å². The van der Waals surface area contributed by atoms with Crippen LogP contribution in [0.1, 0.15) is 27.9 Å². The normalized spacial score (nSPS) is 16.7. The van der Waals surface area contributed by atoms with Crippen LogP contribution < -0.4 is 14.4 Å². The monoisotopic (exact) mass is 540 g/mol. The molecule has 3 aromatic rings. The third-order valence-corrected chi connectivity index (χ3v) is 6.39. The van der Waals surface area contributed by atoms with Crippen molar-refractivity contribution >= 4 is 39.0 Å². The number of nitro groups is 1. The Morgan fingerprint density at radius 1 is 1.06 bits per heavy atom. The standard InChI is InChI=1S/C25H21BrN2O7/c1-34-22-10-3-15(11-23(22)35-2)14-27-20-9-6-17(26)12-19(20)25(31,24(27)30)13-21(29)16-4-7-18(8-5-16)28(32)33/h3-12,31H,13-14H2,1-2H3. The summed E-state index contributed by atoms with van der Waals surface area (Å²) in [4.78, 5) is 38.3. The number of benzene rings is 3. The molecule has 9 nitrogen and oxygen atoms in total. The van der Waals surface area contributed by atoms with Crippen molar-refractivity contribution in [3.05, 3.63) is 91.9 Å². The van der Waals surface area contributed by atoms with E-state index in [0.717, 1.165) is 5.56 Å². The number of carbonyl (C=O) groups is 2. The molecular formula is C25H21BrN2O7. The van der Waals surface area contributed by atoms with Gasteiger partial charge in [-0.05, 0) is 48.0 Å². The maximum atomic E-state index is 13.6. The minimum absolute atomic E-state index is 0.127. The second-order valence-corrected chi connectivity index (χ2v) is 8.92. The summed E-state index contributed by atoms with van der Waals surface area (Å²) in [6.45, 7) is 0.127. The van der Waals surface area contributed by atoms with Crippen LogP contribution in [0.2, 0.25) is 0 Å². The molecule has 1 atom stereocenters. The molecule has 10 heteroatoms. The lowest BCUT2D eigenvalue weighted by Gasteiger charge is -2.23. The van der Waals surface area contributed by atoms with Gasteiger partial charge in [0.1, 0.15) is 0 Å². The van der Waals surface area contributed by atoms with Crippen molar-refractivity contribution in [1.29, 1.82) is 0 Å². The van der Waals surface area contributed by atoms with Crippen molar-refractivity contribution < 1.29 is 29.1 Å². The van der Waals surface area contributed by atoms with E-state index in [2.05, 4.69) is 15.9 Å². The fourth-order valence-corrected chi connectivity index (χ4v) is 4.48. The summed E-state index contributed by atoms with van der Waals surface area (Å²) in [6, 6.07) is 15.4. The van der Waals surface area contributed by atoms with Crippen molar-refractivity contribution in [2.45, 2.75) is 18.6 Å². The largest absolute Gasteiger partial charge is 0.493 e. The molecule has 4 rings (SSSR count). The van der Waals surface area contributed by atoms with Crippen LogP contribution in [0.3, 0.4) is 0 Å². The molecule has 0 bridgehead atoms. The lowest BCUT2D eigenvalue weighted by atomic mass is 9.88. The quantitative estimate of drug-likeness (QED) is 0.255. The number of ketones is 1. The summed E-state index contributed by atoms with van der Waals surface area (Å²) >= 11 is 3.37. The summed E-state index contributed by atoms with van der Waals surface area (Å²) in [5.74, 6) is -0.125. The summed E-state index contributed by atoms with van der Waals surface area (Å²) < 4.78 is 11.3. The molecule has 3 aromatic carbocycles. The third-order valence-electron chi connectivity index (χ3n) is 5.90. The zero-order chi connectivity index (χ0) is 25.3. The van der Waals surface area contributed by atoms with Crippen LogP contribution in [0.15, 0.2) is 65.1 Å². The van der Waals surface area contributed by atoms with Crippen LogP contribution in [0.5, 0.6) is 11.5 Å². The predicted octanol–water partition coefficient (Wildman–Crippen LogP) is 4.38. The predicted molar refractivity (Wildman–Crippen MR) is 131 cm³/mol. The smallest absolute Gasteiger partial charge is 0.269 e. The molecule has 0 fully saturated rings. The highest BCUT2D eigenvalue weighted by molar-refractivity contribution is 9.10. The third kappa shape index (κ3) is 4.50. The Balaban J connectivity index is 1.67. The maximum Gasteiger partial charge on any atom is 0.269 e. The van der Waals surface area contributed by atoms with Gasteiger partial charge in [-0.25, -0.2) is 0 Å². The van der Waals surface area contributed by atoms with Gasteiger partial charge in [-0.2, -0.15) is 0 Å². The number of non-ortho nitro benzene ring substituents is 1. The van der Waals surface area contributed by atoms with Gasteiger partial charge in [-0.1, -0.05) is 22.0 Å². The number of carbonyl (C=O) groups excluding carboxylic acids is 2. The molecule has 1 heterocycles. The van der Waals surface area contributed by atoms with E-state index in [1.807, 2.05) is 0 Å². The first-order valence-electron chi connectivity index (χ1n) is 10.5. The van der Waals surface area contributed by atoms with E-state index < -0.39 is 28.6 Å². The van der Waals surface area contributed by atoms with E-state index in [4.69, 9.17) is 9.47 Å². The van der Waals surface area contributed by atoms with Crippen molar-refractivity contribution in [1.82, 2.24) is 0 Å². The van der Waals surface area contributed by atoms with E-state index in [1.54, 1.807) is 36.4 Å². The summed E-state index contributed by atoms with van der Waals surface area (Å²) in [7, 11) is 3.04. The number of halogens is 1. The van der Waals surface area contributed by atoms with Gasteiger partial charge < -0.3 is 19.5 Å². The first kappa shape index (κ1) is 24.4. The Kier molecular flexibility index (Phi) is 6.60. The number of ether oxygens (including phenoxy) is 2. The van der Waals surface area contributed by atoms with Crippen LogP contribution in [-0.4, -0.2) is 35.9 Å². The van der Waals surface area contributed by atoms with E-state index in [-0.39, 0.29) is 17.8 Å². The molecule has 1 N–H and O–H groups in total. The zero-order valence-electron chi connectivity index (χ0n) is 18.9. The Morgan fingerprint density at radius 2 is 1.74 bits per heavy atom. The number of anilines is 1. The summed E-state index contributed by atoms with van der Waals surface area (Å²) in [6.07, 6.45) is -0.518. The first-order chi connectivity index (χ1) is 16.7. The number of Topliss-reactive ketones (excluding diaryl/α,β-unsaturated/α-hetero) is 1. The number of hydrogen-bond donors (Lipinski definition) is 1. The molecule has 180 valence electrons. The molecule has 35 heavy (non-hydrogen) atoms. The molecule has 0 saturated carbocycles. The Hall–Kier alpha value is -3.76. The zero-order valence-corrected chi connectivity index (χ0v) is 20.4. The Morgan fingerprint density at radius 3 is 2.37 bits per heavy atom. The molecule has 0 radical (unpaired) electrons. The van der Waals surface area contributed by atoms with Gasteiger partial charge >= 0.3 is 0 Å². The van der Waals surface area contributed by atoms with Gasteiger partial charge in [-0.15, -0.1) is 0 Å². The SMILES string of the molecule is COc1ccc(CN2C(=O)C(O)(CC(=O)c3ccc([N+](=O)[O-])cc3)c3cc(Br)ccc32)cc1OC. The van der Waals surface area contributed by atoms with Crippen LogP contribution in [0, 0.1) is 10.1 Å². The van der Waals surface area contributed by atoms with Crippen molar-refractivity contribution in [3.63, 3.8) is 0 Å². The molecular weight excluding hydrogens is 520 g/mol. The first-order valence-corrected chi connectivity index (χ1v) is 11.3. The van der Waals surface area contributed by atoms with Crippen LogP contribution >= 0.6 is 15.9 Å². The van der Waals surface area contributed by atoms with Gasteiger partial charge in [0.2, 0.25) is 0 Å². The summed E-state index contributed by atoms with van der Waals surface area (Å²) in [5, 5.41) is 22.5. The molecule has 0 aromatic heterocycles. The summed E-state index contributed by atoms with van der Waals surface area (Å²) in [5.41, 5.74) is -0.594. The van der Waals surface area contributed by atoms with Gasteiger partial charge in [-0.3, -0.25) is 19.7 Å². The second kappa shape index (κ2) is 9.47. The van der Waals surface area contributed by atoms with Crippen LogP contribution in [-0.2, 0) is 16.9 Å². The fourth-order valence-electron chi connectivity index (χ4n) is 4.12.